The molecule has 6 heteroatoms. The van der Waals surface area contributed by atoms with Gasteiger partial charge in [-0.25, -0.2) is 0 Å². The average Bonchev–Trinajstić information content (AvgIpc) is 2.90. The standard InChI is InChI=1S/C14H9N3O3/c18-14(9-3-5-15-6-4-9)12-8-16-13-2-1-10(17(19)20)7-11(12)13/h1-8,16H. The molecule has 0 bridgehead atoms. The molecule has 3 aromatic rings. The van der Waals surface area contributed by atoms with Gasteiger partial charge >= 0.3 is 0 Å². The molecule has 0 aliphatic heterocycles. The van der Waals surface area contributed by atoms with Gasteiger partial charge in [-0.15, -0.1) is 0 Å². The van der Waals surface area contributed by atoms with Crippen molar-refractivity contribution in [1.29, 1.82) is 0 Å². The summed E-state index contributed by atoms with van der Waals surface area (Å²) < 4.78 is 0. The number of aromatic amines is 1. The number of benzene rings is 1. The number of nitro groups is 1. The highest BCUT2D eigenvalue weighted by Gasteiger charge is 2.16. The number of non-ortho nitro benzene ring substituents is 1. The fourth-order valence-electron chi connectivity index (χ4n) is 2.07. The van der Waals surface area contributed by atoms with E-state index in [1.807, 2.05) is 0 Å². The molecule has 98 valence electrons. The fourth-order valence-corrected chi connectivity index (χ4v) is 2.07. The summed E-state index contributed by atoms with van der Waals surface area (Å²) in [5, 5.41) is 11.4. The molecule has 1 aromatic carbocycles. The Kier molecular flexibility index (Phi) is 2.76. The van der Waals surface area contributed by atoms with Crippen molar-refractivity contribution < 1.29 is 9.72 Å². The molecule has 0 atom stereocenters. The summed E-state index contributed by atoms with van der Waals surface area (Å²) in [6.07, 6.45) is 4.63. The van der Waals surface area contributed by atoms with Gasteiger partial charge in [-0.3, -0.25) is 19.9 Å². The van der Waals surface area contributed by atoms with E-state index in [1.165, 1.54) is 24.5 Å². The van der Waals surface area contributed by atoms with E-state index in [9.17, 15) is 14.9 Å². The number of H-pyrrole nitrogens is 1. The largest absolute Gasteiger partial charge is 0.360 e. The van der Waals surface area contributed by atoms with Crippen LogP contribution >= 0.6 is 0 Å². The van der Waals surface area contributed by atoms with Gasteiger partial charge in [-0.2, -0.15) is 0 Å². The van der Waals surface area contributed by atoms with Crippen molar-refractivity contribution in [2.75, 3.05) is 0 Å². The number of fused-ring (bicyclic) bond motifs is 1. The second-order valence-corrected chi connectivity index (χ2v) is 4.25. The molecule has 0 amide bonds. The first-order chi connectivity index (χ1) is 9.66. The Bertz CT molecular complexity index is 809. The first kappa shape index (κ1) is 12.0. The second kappa shape index (κ2) is 4.58. The van der Waals surface area contributed by atoms with Crippen molar-refractivity contribution in [2.45, 2.75) is 0 Å². The van der Waals surface area contributed by atoms with Crippen molar-refractivity contribution in [3.8, 4) is 0 Å². The van der Waals surface area contributed by atoms with Gasteiger partial charge in [0.1, 0.15) is 0 Å². The van der Waals surface area contributed by atoms with Crippen molar-refractivity contribution in [3.05, 3.63) is 70.2 Å². The molecule has 0 aliphatic carbocycles. The minimum Gasteiger partial charge on any atom is -0.360 e. The van der Waals surface area contributed by atoms with Crippen LogP contribution in [0, 0.1) is 10.1 Å². The summed E-state index contributed by atoms with van der Waals surface area (Å²) in [7, 11) is 0. The number of ketones is 1. The van der Waals surface area contributed by atoms with Crippen LogP contribution in [-0.4, -0.2) is 20.7 Å². The van der Waals surface area contributed by atoms with Crippen LogP contribution in [0.3, 0.4) is 0 Å². The molecule has 1 N–H and O–H groups in total. The number of rotatable bonds is 3. The van der Waals surface area contributed by atoms with Crippen LogP contribution in [0.4, 0.5) is 5.69 Å². The van der Waals surface area contributed by atoms with E-state index in [0.717, 1.165) is 0 Å². The zero-order chi connectivity index (χ0) is 14.1. The SMILES string of the molecule is O=C(c1ccncc1)c1c[nH]c2ccc([N+](=O)[O-])cc12. The molecule has 20 heavy (non-hydrogen) atoms. The predicted octanol–water partition coefficient (Wildman–Crippen LogP) is 2.70. The molecule has 0 radical (unpaired) electrons. The van der Waals surface area contributed by atoms with Crippen molar-refractivity contribution in [1.82, 2.24) is 9.97 Å². The summed E-state index contributed by atoms with van der Waals surface area (Å²) in [6.45, 7) is 0. The van der Waals surface area contributed by atoms with Crippen LogP contribution in [0.1, 0.15) is 15.9 Å². The molecule has 0 saturated heterocycles. The van der Waals surface area contributed by atoms with Gasteiger partial charge in [0.05, 0.1) is 4.92 Å². The Morgan fingerprint density at radius 1 is 1.20 bits per heavy atom. The first-order valence-corrected chi connectivity index (χ1v) is 5.87. The van der Waals surface area contributed by atoms with Crippen LogP contribution in [0.25, 0.3) is 10.9 Å². The van der Waals surface area contributed by atoms with Crippen LogP contribution in [0.5, 0.6) is 0 Å². The highest BCUT2D eigenvalue weighted by atomic mass is 16.6. The minimum atomic E-state index is -0.479. The maximum atomic E-state index is 12.4. The quantitative estimate of drug-likeness (QED) is 0.449. The lowest BCUT2D eigenvalue weighted by Gasteiger charge is -1.99. The van der Waals surface area contributed by atoms with Crippen LogP contribution in [0.2, 0.25) is 0 Å². The van der Waals surface area contributed by atoms with Crippen molar-refractivity contribution in [3.63, 3.8) is 0 Å². The van der Waals surface area contributed by atoms with E-state index in [4.69, 9.17) is 0 Å². The zero-order valence-electron chi connectivity index (χ0n) is 10.2. The Labute approximate surface area is 113 Å². The molecule has 6 nitrogen and oxygen atoms in total. The minimum absolute atomic E-state index is 0.0409. The maximum Gasteiger partial charge on any atom is 0.270 e. The van der Waals surface area contributed by atoms with Crippen LogP contribution in [0.15, 0.2) is 48.9 Å². The molecular formula is C14H9N3O3. The molecule has 0 spiro atoms. The fraction of sp³-hybridized carbons (Fsp3) is 0. The highest BCUT2D eigenvalue weighted by molar-refractivity contribution is 6.16. The van der Waals surface area contributed by atoms with Gasteiger partial charge in [-0.1, -0.05) is 0 Å². The van der Waals surface area contributed by atoms with Gasteiger partial charge in [0, 0.05) is 52.8 Å². The number of nitrogens with zero attached hydrogens (tertiary/aromatic N) is 2. The van der Waals surface area contributed by atoms with E-state index in [0.29, 0.717) is 22.0 Å². The molecule has 3 rings (SSSR count). The summed E-state index contributed by atoms with van der Waals surface area (Å²) in [6, 6.07) is 7.62. The van der Waals surface area contributed by atoms with E-state index >= 15 is 0 Å². The monoisotopic (exact) mass is 267 g/mol. The Hall–Kier alpha value is -3.02. The lowest BCUT2D eigenvalue weighted by Crippen LogP contribution is -2.00. The molecule has 2 aromatic heterocycles. The number of carbonyl (C=O) groups excluding carboxylic acids is 1. The molecule has 0 saturated carbocycles. The second-order valence-electron chi connectivity index (χ2n) is 4.25. The summed E-state index contributed by atoms with van der Waals surface area (Å²) >= 11 is 0. The molecule has 0 aliphatic rings. The first-order valence-electron chi connectivity index (χ1n) is 5.87. The molecule has 0 unspecified atom stereocenters. The lowest BCUT2D eigenvalue weighted by molar-refractivity contribution is -0.384. The normalized spacial score (nSPS) is 10.6. The van der Waals surface area contributed by atoms with Gasteiger partial charge in [0.2, 0.25) is 0 Å². The zero-order valence-corrected chi connectivity index (χ0v) is 10.2. The number of hydrogen-bond acceptors (Lipinski definition) is 4. The van der Waals surface area contributed by atoms with Crippen LogP contribution in [-0.2, 0) is 0 Å². The molecular weight excluding hydrogens is 258 g/mol. The Balaban J connectivity index is 2.14. The maximum absolute atomic E-state index is 12.4. The highest BCUT2D eigenvalue weighted by Crippen LogP contribution is 2.25. The number of pyridine rings is 1. The molecule has 2 heterocycles. The summed E-state index contributed by atoms with van der Waals surface area (Å²) in [5.41, 5.74) is 1.55. The number of nitrogens with one attached hydrogen (secondary N) is 1. The number of aromatic nitrogens is 2. The number of carbonyl (C=O) groups is 1. The van der Waals surface area contributed by atoms with Crippen molar-refractivity contribution in [2.24, 2.45) is 0 Å². The summed E-state index contributed by atoms with van der Waals surface area (Å²) in [4.78, 5) is 29.5. The van der Waals surface area contributed by atoms with Gasteiger partial charge in [-0.05, 0) is 18.2 Å². The third-order valence-electron chi connectivity index (χ3n) is 3.06. The third kappa shape index (κ3) is 1.93. The smallest absolute Gasteiger partial charge is 0.270 e. The Morgan fingerprint density at radius 2 is 1.95 bits per heavy atom. The number of nitro benzene ring substituents is 1. The van der Waals surface area contributed by atoms with Crippen molar-refractivity contribution >= 4 is 22.4 Å². The molecule has 0 fully saturated rings. The van der Waals surface area contributed by atoms with Gasteiger partial charge < -0.3 is 4.98 Å². The van der Waals surface area contributed by atoms with E-state index in [-0.39, 0.29) is 11.5 Å². The third-order valence-corrected chi connectivity index (χ3v) is 3.06. The average molecular weight is 267 g/mol. The van der Waals surface area contributed by atoms with E-state index in [1.54, 1.807) is 24.4 Å². The topological polar surface area (TPSA) is 88.9 Å². The Morgan fingerprint density at radius 3 is 2.65 bits per heavy atom. The van der Waals surface area contributed by atoms with E-state index < -0.39 is 4.92 Å². The van der Waals surface area contributed by atoms with Crippen LogP contribution < -0.4 is 0 Å². The lowest BCUT2D eigenvalue weighted by atomic mass is 10.0. The predicted molar refractivity (Wildman–Crippen MR) is 72.6 cm³/mol. The van der Waals surface area contributed by atoms with Gasteiger partial charge in [0.15, 0.2) is 5.78 Å². The van der Waals surface area contributed by atoms with E-state index in [2.05, 4.69) is 9.97 Å². The number of hydrogen-bond donors (Lipinski definition) is 1. The van der Waals surface area contributed by atoms with Gasteiger partial charge in [0.25, 0.3) is 5.69 Å². The summed E-state index contributed by atoms with van der Waals surface area (Å²) in [5.74, 6) is -0.195.